The molecule has 2 saturated heterocycles. The number of ether oxygens (including phenoxy) is 1. The van der Waals surface area contributed by atoms with Crippen molar-refractivity contribution in [2.75, 3.05) is 82.4 Å². The number of nitrogens with zero attached hydrogens (tertiary/aromatic N) is 6. The summed E-state index contributed by atoms with van der Waals surface area (Å²) in [5.74, 6) is 0.793. The summed E-state index contributed by atoms with van der Waals surface area (Å²) in [6.07, 6.45) is 1.78. The first kappa shape index (κ1) is 28.0. The highest BCUT2D eigenvalue weighted by Crippen LogP contribution is 2.41. The molecule has 0 saturated carbocycles. The van der Waals surface area contributed by atoms with E-state index >= 15 is 0 Å². The van der Waals surface area contributed by atoms with Crippen LogP contribution in [0.25, 0.3) is 36.9 Å². The number of benzene rings is 2. The summed E-state index contributed by atoms with van der Waals surface area (Å²) in [7, 11) is 1.87. The van der Waals surface area contributed by atoms with Gasteiger partial charge in [-0.25, -0.2) is 4.98 Å². The van der Waals surface area contributed by atoms with Crippen LogP contribution in [-0.4, -0.2) is 97.7 Å². The third-order valence-electron chi connectivity index (χ3n) is 8.82. The fraction of sp³-hybridized carbons (Fsp3) is 0.364. The van der Waals surface area contributed by atoms with Crippen LogP contribution in [0.3, 0.4) is 0 Å². The topological polar surface area (TPSA) is 73.6 Å². The molecule has 1 amide bonds. The van der Waals surface area contributed by atoms with Crippen LogP contribution in [-0.2, 0) is 9.53 Å². The molecule has 0 N–H and O–H groups in total. The van der Waals surface area contributed by atoms with Gasteiger partial charge in [0.2, 0.25) is 5.91 Å². The van der Waals surface area contributed by atoms with Crippen LogP contribution < -0.4 is 15.4 Å². The van der Waals surface area contributed by atoms with Gasteiger partial charge in [-0.3, -0.25) is 18.9 Å². The number of anilines is 2. The van der Waals surface area contributed by atoms with E-state index < -0.39 is 0 Å². The van der Waals surface area contributed by atoms with E-state index in [4.69, 9.17) is 9.72 Å². The fourth-order valence-electron chi connectivity index (χ4n) is 6.19. The van der Waals surface area contributed by atoms with Crippen LogP contribution in [0, 0.1) is 0 Å². The molecule has 3 aromatic heterocycles. The zero-order valence-electron chi connectivity index (χ0n) is 24.7. The molecule has 7 rings (SSSR count). The second-order valence-electron chi connectivity index (χ2n) is 11.3. The number of thiophene rings is 1. The number of hydrogen-bond donors (Lipinski definition) is 0. The Kier molecular flexibility index (Phi) is 7.60. The van der Waals surface area contributed by atoms with Crippen molar-refractivity contribution in [2.24, 2.45) is 0 Å². The van der Waals surface area contributed by atoms with Crippen LogP contribution in [0.15, 0.2) is 65.6 Å². The normalized spacial score (nSPS) is 16.8. The highest BCUT2D eigenvalue weighted by Gasteiger charge is 2.22. The molecule has 9 nitrogen and oxygen atoms in total. The minimum absolute atomic E-state index is 0.0959. The summed E-state index contributed by atoms with van der Waals surface area (Å²) < 4.78 is 9.43. The average molecular weight is 597 g/mol. The first-order chi connectivity index (χ1) is 21.0. The Morgan fingerprint density at radius 2 is 1.70 bits per heavy atom. The van der Waals surface area contributed by atoms with Gasteiger partial charge in [-0.2, -0.15) is 0 Å². The Hall–Kier alpha value is -3.83. The van der Waals surface area contributed by atoms with Crippen molar-refractivity contribution >= 4 is 54.6 Å². The molecule has 0 unspecified atom stereocenters. The number of aromatic nitrogens is 2. The Morgan fingerprint density at radius 3 is 2.49 bits per heavy atom. The molecule has 43 heavy (non-hydrogen) atoms. The average Bonchev–Trinajstić information content (AvgIpc) is 3.43. The number of morpholine rings is 1. The predicted molar refractivity (Wildman–Crippen MR) is 175 cm³/mol. The maximum atomic E-state index is 13.3. The molecule has 2 fully saturated rings. The van der Waals surface area contributed by atoms with Crippen molar-refractivity contribution in [1.29, 1.82) is 0 Å². The number of rotatable bonds is 6. The van der Waals surface area contributed by atoms with Gasteiger partial charge in [-0.15, -0.1) is 11.3 Å². The Morgan fingerprint density at radius 1 is 0.930 bits per heavy atom. The second kappa shape index (κ2) is 11.7. The van der Waals surface area contributed by atoms with Crippen LogP contribution in [0.1, 0.15) is 6.92 Å². The summed E-state index contributed by atoms with van der Waals surface area (Å²) >= 11 is 1.73. The molecule has 0 radical (unpaired) electrons. The molecule has 5 heterocycles. The van der Waals surface area contributed by atoms with Gasteiger partial charge < -0.3 is 19.4 Å². The Balaban J connectivity index is 1.24. The quantitative estimate of drug-likeness (QED) is 0.292. The third kappa shape index (κ3) is 5.29. The first-order valence-electron chi connectivity index (χ1n) is 15.0. The first-order valence-corrected chi connectivity index (χ1v) is 15.8. The molecule has 5 aromatic rings. The molecule has 0 atom stereocenters. The zero-order chi connectivity index (χ0) is 29.5. The highest BCUT2D eigenvalue weighted by atomic mass is 32.1. The van der Waals surface area contributed by atoms with Gasteiger partial charge in [0.1, 0.15) is 11.5 Å². The van der Waals surface area contributed by atoms with Crippen molar-refractivity contribution in [3.8, 4) is 11.1 Å². The monoisotopic (exact) mass is 596 g/mol. The number of likely N-dealkylation sites (N-methyl/N-ethyl adjacent to an activating group) is 2. The number of carbonyl (C=O) groups is 1. The maximum absolute atomic E-state index is 13.3. The minimum Gasteiger partial charge on any atom is -0.378 e. The largest absolute Gasteiger partial charge is 0.378 e. The van der Waals surface area contributed by atoms with Gasteiger partial charge in [0, 0.05) is 95.6 Å². The standard InChI is InChI=1S/C33H36N6O3S/c1-3-36-12-14-37(15-13-36)22-31(41)35(2)23-9-10-28-27(20-23)25-7-4-6-24(32(25)43-28)26-8-5-11-39-30(40)21-29(34-33(26)39)38-16-18-42-19-17-38/h4-11,20-21H,3,12-19,22H2,1-2H3. The van der Waals surface area contributed by atoms with Crippen molar-refractivity contribution in [2.45, 2.75) is 6.92 Å². The number of carbonyl (C=O) groups excluding carboxylic acids is 1. The van der Waals surface area contributed by atoms with E-state index in [1.165, 1.54) is 0 Å². The molecule has 222 valence electrons. The van der Waals surface area contributed by atoms with E-state index in [0.29, 0.717) is 44.3 Å². The van der Waals surface area contributed by atoms with Gasteiger partial charge >= 0.3 is 0 Å². The van der Waals surface area contributed by atoms with E-state index in [0.717, 1.165) is 69.7 Å². The van der Waals surface area contributed by atoms with E-state index in [1.807, 2.05) is 25.2 Å². The summed E-state index contributed by atoms with van der Waals surface area (Å²) in [5.41, 5.74) is 3.40. The van der Waals surface area contributed by atoms with E-state index in [1.54, 1.807) is 32.9 Å². The van der Waals surface area contributed by atoms with Crippen molar-refractivity contribution in [1.82, 2.24) is 19.2 Å². The summed E-state index contributed by atoms with van der Waals surface area (Å²) in [6.45, 7) is 10.2. The van der Waals surface area contributed by atoms with E-state index in [9.17, 15) is 9.59 Å². The highest BCUT2D eigenvalue weighted by molar-refractivity contribution is 7.26. The smallest absolute Gasteiger partial charge is 0.259 e. The number of fused-ring (bicyclic) bond motifs is 4. The van der Waals surface area contributed by atoms with Gasteiger partial charge in [0.25, 0.3) is 5.56 Å². The molecule has 10 heteroatoms. The molecule has 0 spiro atoms. The zero-order valence-corrected chi connectivity index (χ0v) is 25.5. The maximum Gasteiger partial charge on any atom is 0.259 e. The SMILES string of the molecule is CCN1CCN(CC(=O)N(C)c2ccc3sc4c(-c5cccn6c(=O)cc(N7CCOCC7)nc56)cccc4c3c2)CC1. The van der Waals surface area contributed by atoms with Crippen molar-refractivity contribution in [3.63, 3.8) is 0 Å². The van der Waals surface area contributed by atoms with E-state index in [2.05, 4.69) is 52.0 Å². The van der Waals surface area contributed by atoms with Gasteiger partial charge in [0.15, 0.2) is 0 Å². The van der Waals surface area contributed by atoms with Gasteiger partial charge in [-0.05, 0) is 36.9 Å². The van der Waals surface area contributed by atoms with Crippen LogP contribution in [0.4, 0.5) is 11.5 Å². The summed E-state index contributed by atoms with van der Waals surface area (Å²) in [5, 5.41) is 2.25. The lowest BCUT2D eigenvalue weighted by Gasteiger charge is -2.34. The molecule has 2 aliphatic rings. The predicted octanol–water partition coefficient (Wildman–Crippen LogP) is 4.17. The summed E-state index contributed by atoms with van der Waals surface area (Å²) in [6, 6.07) is 18.2. The number of amides is 1. The fourth-order valence-corrected chi connectivity index (χ4v) is 7.40. The van der Waals surface area contributed by atoms with E-state index in [-0.39, 0.29) is 11.5 Å². The second-order valence-corrected chi connectivity index (χ2v) is 12.3. The molecule has 2 aromatic carbocycles. The van der Waals surface area contributed by atoms with Crippen LogP contribution in [0.5, 0.6) is 0 Å². The third-order valence-corrected chi connectivity index (χ3v) is 10.0. The minimum atomic E-state index is -0.0959. The van der Waals surface area contributed by atoms with Gasteiger partial charge in [-0.1, -0.05) is 25.1 Å². The lowest BCUT2D eigenvalue weighted by Crippen LogP contribution is -2.49. The molecule has 0 bridgehead atoms. The lowest BCUT2D eigenvalue weighted by molar-refractivity contribution is -0.119. The molecule has 2 aliphatic heterocycles. The number of hydrogen-bond acceptors (Lipinski definition) is 8. The van der Waals surface area contributed by atoms with Gasteiger partial charge in [0.05, 0.1) is 19.8 Å². The molecule has 0 aliphatic carbocycles. The Bertz CT molecular complexity index is 1870. The number of piperazine rings is 1. The van der Waals surface area contributed by atoms with Crippen molar-refractivity contribution in [3.05, 3.63) is 71.1 Å². The summed E-state index contributed by atoms with van der Waals surface area (Å²) in [4.78, 5) is 40.0. The molecular weight excluding hydrogens is 560 g/mol. The van der Waals surface area contributed by atoms with Crippen LogP contribution >= 0.6 is 11.3 Å². The Labute approximate surface area is 254 Å². The van der Waals surface area contributed by atoms with Crippen molar-refractivity contribution < 1.29 is 9.53 Å². The molecular formula is C33H36N6O3S. The number of pyridine rings is 1. The van der Waals surface area contributed by atoms with Crippen LogP contribution in [0.2, 0.25) is 0 Å². The lowest BCUT2D eigenvalue weighted by atomic mass is 10.0.